The number of carbonyl (C=O) groups is 1. The first-order chi connectivity index (χ1) is 7.25. The molecule has 1 saturated carbocycles. The lowest BCUT2D eigenvalue weighted by Crippen LogP contribution is -2.38. The Bertz CT molecular complexity index is 197. The summed E-state index contributed by atoms with van der Waals surface area (Å²) in [6, 6.07) is 0.0578. The van der Waals surface area contributed by atoms with Crippen LogP contribution >= 0.6 is 0 Å². The highest BCUT2D eigenvalue weighted by Crippen LogP contribution is 2.23. The van der Waals surface area contributed by atoms with E-state index in [9.17, 15) is 4.79 Å². The van der Waals surface area contributed by atoms with E-state index in [0.717, 1.165) is 38.5 Å². The number of unbranched alkanes of at least 4 members (excludes halogenated alkanes) is 2. The molecular formula is C11H22N2O2. The molecule has 0 aromatic carbocycles. The number of rotatable bonds is 6. The number of carbonyl (C=O) groups excluding carboxylic acids is 1. The van der Waals surface area contributed by atoms with Gasteiger partial charge in [-0.3, -0.25) is 4.79 Å². The summed E-state index contributed by atoms with van der Waals surface area (Å²) >= 11 is 0. The predicted octanol–water partition coefficient (Wildman–Crippen LogP) is 0.393. The van der Waals surface area contributed by atoms with Crippen LogP contribution in [0.1, 0.15) is 38.5 Å². The molecule has 0 aliphatic heterocycles. The lowest BCUT2D eigenvalue weighted by atomic mass is 10.0. The van der Waals surface area contributed by atoms with Crippen molar-refractivity contribution in [1.82, 2.24) is 5.32 Å². The van der Waals surface area contributed by atoms with E-state index in [-0.39, 0.29) is 24.5 Å². The monoisotopic (exact) mass is 214 g/mol. The Kier molecular flexibility index (Phi) is 5.65. The van der Waals surface area contributed by atoms with E-state index in [1.54, 1.807) is 0 Å². The van der Waals surface area contributed by atoms with Crippen LogP contribution in [-0.4, -0.2) is 30.2 Å². The second-order valence-corrected chi connectivity index (χ2v) is 4.28. The molecule has 0 heterocycles. The molecule has 1 rings (SSSR count). The van der Waals surface area contributed by atoms with Gasteiger partial charge in [0.05, 0.1) is 5.92 Å². The first kappa shape index (κ1) is 12.5. The Labute approximate surface area is 91.2 Å². The predicted molar refractivity (Wildman–Crippen MR) is 59.3 cm³/mol. The van der Waals surface area contributed by atoms with E-state index in [2.05, 4.69) is 5.32 Å². The van der Waals surface area contributed by atoms with Crippen LogP contribution in [0.4, 0.5) is 0 Å². The Hall–Kier alpha value is -0.610. The van der Waals surface area contributed by atoms with Gasteiger partial charge in [0.2, 0.25) is 5.91 Å². The number of aliphatic hydroxyl groups excluding tert-OH is 1. The van der Waals surface area contributed by atoms with Crippen LogP contribution < -0.4 is 11.1 Å². The van der Waals surface area contributed by atoms with Crippen LogP contribution in [0.15, 0.2) is 0 Å². The highest BCUT2D eigenvalue weighted by atomic mass is 16.2. The van der Waals surface area contributed by atoms with Gasteiger partial charge in [-0.2, -0.15) is 0 Å². The highest BCUT2D eigenvalue weighted by molar-refractivity contribution is 5.79. The molecule has 4 N–H and O–H groups in total. The summed E-state index contributed by atoms with van der Waals surface area (Å²) in [7, 11) is 0. The van der Waals surface area contributed by atoms with Crippen molar-refractivity contribution < 1.29 is 9.90 Å². The Balaban J connectivity index is 2.08. The molecule has 15 heavy (non-hydrogen) atoms. The van der Waals surface area contributed by atoms with Gasteiger partial charge < -0.3 is 16.2 Å². The molecule has 0 saturated heterocycles. The molecule has 1 amide bonds. The van der Waals surface area contributed by atoms with Crippen molar-refractivity contribution in [2.75, 3.05) is 13.2 Å². The smallest absolute Gasteiger partial charge is 0.224 e. The number of hydrogen-bond acceptors (Lipinski definition) is 3. The molecule has 0 spiro atoms. The third-order valence-electron chi connectivity index (χ3n) is 3.04. The minimum atomic E-state index is 0.0304. The molecule has 0 radical (unpaired) electrons. The van der Waals surface area contributed by atoms with E-state index >= 15 is 0 Å². The summed E-state index contributed by atoms with van der Waals surface area (Å²) in [6.07, 6.45) is 5.70. The number of hydrogen-bond donors (Lipinski definition) is 3. The fraction of sp³-hybridized carbons (Fsp3) is 0.909. The molecule has 0 aromatic rings. The van der Waals surface area contributed by atoms with E-state index in [0.29, 0.717) is 6.54 Å². The molecule has 4 nitrogen and oxygen atoms in total. The molecule has 2 unspecified atom stereocenters. The van der Waals surface area contributed by atoms with E-state index in [1.807, 2.05) is 0 Å². The summed E-state index contributed by atoms with van der Waals surface area (Å²) in [5.41, 5.74) is 5.84. The normalized spacial score (nSPS) is 25.5. The van der Waals surface area contributed by atoms with Gasteiger partial charge in [0.25, 0.3) is 0 Å². The Morgan fingerprint density at radius 1 is 1.33 bits per heavy atom. The van der Waals surface area contributed by atoms with E-state index in [1.165, 1.54) is 0 Å². The van der Waals surface area contributed by atoms with E-state index < -0.39 is 0 Å². The fourth-order valence-electron chi connectivity index (χ4n) is 2.07. The van der Waals surface area contributed by atoms with Gasteiger partial charge in [-0.05, 0) is 32.1 Å². The number of amides is 1. The quantitative estimate of drug-likeness (QED) is 0.560. The van der Waals surface area contributed by atoms with Crippen molar-refractivity contribution in [2.45, 2.75) is 44.6 Å². The van der Waals surface area contributed by atoms with Gasteiger partial charge in [0, 0.05) is 19.2 Å². The van der Waals surface area contributed by atoms with Crippen LogP contribution in [0.5, 0.6) is 0 Å². The molecule has 0 bridgehead atoms. The van der Waals surface area contributed by atoms with Crippen LogP contribution in [-0.2, 0) is 4.79 Å². The van der Waals surface area contributed by atoms with Gasteiger partial charge in [-0.25, -0.2) is 0 Å². The van der Waals surface area contributed by atoms with Crippen molar-refractivity contribution in [1.29, 1.82) is 0 Å². The maximum Gasteiger partial charge on any atom is 0.224 e. The zero-order valence-corrected chi connectivity index (χ0v) is 9.24. The fourth-order valence-corrected chi connectivity index (χ4v) is 2.07. The molecule has 1 aliphatic carbocycles. The summed E-state index contributed by atoms with van der Waals surface area (Å²) in [5, 5.41) is 11.5. The molecule has 1 aliphatic rings. The van der Waals surface area contributed by atoms with Crippen LogP contribution in [0.25, 0.3) is 0 Å². The number of nitrogens with two attached hydrogens (primary N) is 1. The van der Waals surface area contributed by atoms with Crippen molar-refractivity contribution >= 4 is 5.91 Å². The topological polar surface area (TPSA) is 75.4 Å². The SMILES string of the molecule is NC1CCCC1C(=O)NCCCCCO. The molecular weight excluding hydrogens is 192 g/mol. The van der Waals surface area contributed by atoms with Crippen LogP contribution in [0.2, 0.25) is 0 Å². The Morgan fingerprint density at radius 3 is 2.73 bits per heavy atom. The lowest BCUT2D eigenvalue weighted by Gasteiger charge is -2.14. The lowest BCUT2D eigenvalue weighted by molar-refractivity contribution is -0.125. The van der Waals surface area contributed by atoms with E-state index in [4.69, 9.17) is 10.8 Å². The minimum absolute atomic E-state index is 0.0304. The Morgan fingerprint density at radius 2 is 2.13 bits per heavy atom. The van der Waals surface area contributed by atoms with Crippen molar-refractivity contribution in [3.63, 3.8) is 0 Å². The molecule has 2 atom stereocenters. The van der Waals surface area contributed by atoms with Crippen molar-refractivity contribution in [2.24, 2.45) is 11.7 Å². The largest absolute Gasteiger partial charge is 0.396 e. The first-order valence-corrected chi connectivity index (χ1v) is 5.90. The highest BCUT2D eigenvalue weighted by Gasteiger charge is 2.29. The third kappa shape index (κ3) is 4.18. The van der Waals surface area contributed by atoms with Crippen LogP contribution in [0.3, 0.4) is 0 Å². The van der Waals surface area contributed by atoms with Crippen molar-refractivity contribution in [3.8, 4) is 0 Å². The van der Waals surface area contributed by atoms with Crippen LogP contribution in [0, 0.1) is 5.92 Å². The molecule has 0 aromatic heterocycles. The summed E-state index contributed by atoms with van der Waals surface area (Å²) in [5.74, 6) is 0.145. The van der Waals surface area contributed by atoms with Gasteiger partial charge in [-0.1, -0.05) is 6.42 Å². The number of nitrogens with one attached hydrogen (secondary N) is 1. The van der Waals surface area contributed by atoms with Crippen molar-refractivity contribution in [3.05, 3.63) is 0 Å². The first-order valence-electron chi connectivity index (χ1n) is 5.90. The standard InChI is InChI=1S/C11H22N2O2/c12-10-6-4-5-9(10)11(15)13-7-2-1-3-8-14/h9-10,14H,1-8,12H2,(H,13,15). The van der Waals surface area contributed by atoms with Gasteiger partial charge in [0.1, 0.15) is 0 Å². The average molecular weight is 214 g/mol. The minimum Gasteiger partial charge on any atom is -0.396 e. The third-order valence-corrected chi connectivity index (χ3v) is 3.04. The molecule has 1 fully saturated rings. The van der Waals surface area contributed by atoms with Gasteiger partial charge in [0.15, 0.2) is 0 Å². The van der Waals surface area contributed by atoms with Gasteiger partial charge >= 0.3 is 0 Å². The summed E-state index contributed by atoms with van der Waals surface area (Å²) in [6.45, 7) is 0.948. The second-order valence-electron chi connectivity index (χ2n) is 4.28. The summed E-state index contributed by atoms with van der Waals surface area (Å²) in [4.78, 5) is 11.6. The molecule has 88 valence electrons. The number of aliphatic hydroxyl groups is 1. The zero-order chi connectivity index (χ0) is 11.1. The molecule has 4 heteroatoms. The summed E-state index contributed by atoms with van der Waals surface area (Å²) < 4.78 is 0. The van der Waals surface area contributed by atoms with Gasteiger partial charge in [-0.15, -0.1) is 0 Å². The zero-order valence-electron chi connectivity index (χ0n) is 9.24. The maximum absolute atomic E-state index is 11.6. The average Bonchev–Trinajstić information content (AvgIpc) is 2.64. The second kappa shape index (κ2) is 6.80. The maximum atomic E-state index is 11.6.